The van der Waals surface area contributed by atoms with Crippen LogP contribution < -0.4 is 5.32 Å². The molecule has 0 heterocycles. The molecule has 0 aliphatic rings. The molecule has 1 unspecified atom stereocenters. The van der Waals surface area contributed by atoms with Gasteiger partial charge in [0.05, 0.1) is 6.04 Å². The van der Waals surface area contributed by atoms with Crippen molar-refractivity contribution < 1.29 is 14.3 Å². The smallest absolute Gasteiger partial charge is 0.251 e. The van der Waals surface area contributed by atoms with Crippen LogP contribution in [0, 0.1) is 5.82 Å². The molecule has 0 spiro atoms. The Morgan fingerprint density at radius 3 is 2.26 bits per heavy atom. The molecule has 1 amide bonds. The van der Waals surface area contributed by atoms with Crippen molar-refractivity contribution in [2.75, 3.05) is 0 Å². The summed E-state index contributed by atoms with van der Waals surface area (Å²) < 4.78 is 12.8. The molecule has 4 heteroatoms. The average molecular weight is 259 g/mol. The number of phenolic OH excluding ortho intramolecular Hbond substituents is 1. The summed E-state index contributed by atoms with van der Waals surface area (Å²) in [4.78, 5) is 11.9. The van der Waals surface area contributed by atoms with E-state index >= 15 is 0 Å². The molecule has 19 heavy (non-hydrogen) atoms. The van der Waals surface area contributed by atoms with Crippen molar-refractivity contribution in [3.63, 3.8) is 0 Å². The number of hydrogen-bond acceptors (Lipinski definition) is 2. The van der Waals surface area contributed by atoms with Gasteiger partial charge in [-0.15, -0.1) is 0 Å². The zero-order valence-electron chi connectivity index (χ0n) is 10.4. The first-order chi connectivity index (χ1) is 9.06. The fraction of sp³-hybridized carbons (Fsp3) is 0.133. The van der Waals surface area contributed by atoms with Crippen LogP contribution in [0.1, 0.15) is 28.9 Å². The van der Waals surface area contributed by atoms with Gasteiger partial charge in [-0.25, -0.2) is 4.39 Å². The molecule has 0 aromatic heterocycles. The van der Waals surface area contributed by atoms with Crippen molar-refractivity contribution in [3.05, 3.63) is 65.5 Å². The van der Waals surface area contributed by atoms with Crippen molar-refractivity contribution in [3.8, 4) is 5.75 Å². The number of halogens is 1. The van der Waals surface area contributed by atoms with E-state index in [9.17, 15) is 9.18 Å². The molecule has 0 aliphatic carbocycles. The quantitative estimate of drug-likeness (QED) is 0.890. The molecule has 3 nitrogen and oxygen atoms in total. The highest BCUT2D eigenvalue weighted by Crippen LogP contribution is 2.15. The van der Waals surface area contributed by atoms with Crippen LogP contribution in [0.5, 0.6) is 5.75 Å². The number of phenols is 1. The van der Waals surface area contributed by atoms with Gasteiger partial charge in [0.2, 0.25) is 0 Å². The lowest BCUT2D eigenvalue weighted by Crippen LogP contribution is -2.26. The number of hydrogen-bond donors (Lipinski definition) is 2. The standard InChI is InChI=1S/C15H14FNO2/c1-10(11-2-6-13(16)7-3-11)17-15(19)12-4-8-14(18)9-5-12/h2-10,18H,1H3,(H,17,19). The third-order valence-electron chi connectivity index (χ3n) is 2.85. The van der Waals surface area contributed by atoms with Gasteiger partial charge in [-0.05, 0) is 48.9 Å². The van der Waals surface area contributed by atoms with Crippen LogP contribution in [0.2, 0.25) is 0 Å². The van der Waals surface area contributed by atoms with E-state index in [-0.39, 0.29) is 23.5 Å². The lowest BCUT2D eigenvalue weighted by Gasteiger charge is -2.14. The average Bonchev–Trinajstić information content (AvgIpc) is 2.40. The summed E-state index contributed by atoms with van der Waals surface area (Å²) in [6, 6.07) is 11.8. The first-order valence-electron chi connectivity index (χ1n) is 5.91. The summed E-state index contributed by atoms with van der Waals surface area (Å²) in [5.74, 6) is -0.430. The van der Waals surface area contributed by atoms with Gasteiger partial charge in [-0.1, -0.05) is 12.1 Å². The highest BCUT2D eigenvalue weighted by atomic mass is 19.1. The third kappa shape index (κ3) is 3.31. The van der Waals surface area contributed by atoms with Gasteiger partial charge in [0.15, 0.2) is 0 Å². The first kappa shape index (κ1) is 13.1. The summed E-state index contributed by atoms with van der Waals surface area (Å²) in [7, 11) is 0. The minimum atomic E-state index is -0.305. The Kier molecular flexibility index (Phi) is 3.80. The normalized spacial score (nSPS) is 11.9. The largest absolute Gasteiger partial charge is 0.508 e. The van der Waals surface area contributed by atoms with Crippen LogP contribution in [-0.2, 0) is 0 Å². The second-order valence-electron chi connectivity index (χ2n) is 4.29. The molecule has 2 aromatic rings. The summed E-state index contributed by atoms with van der Waals surface area (Å²) >= 11 is 0. The summed E-state index contributed by atoms with van der Waals surface area (Å²) in [5.41, 5.74) is 1.29. The molecular formula is C15H14FNO2. The van der Waals surface area contributed by atoms with Crippen LogP contribution in [0.25, 0.3) is 0 Å². The van der Waals surface area contributed by atoms with Crippen LogP contribution >= 0.6 is 0 Å². The third-order valence-corrected chi connectivity index (χ3v) is 2.85. The van der Waals surface area contributed by atoms with E-state index in [2.05, 4.69) is 5.32 Å². The first-order valence-corrected chi connectivity index (χ1v) is 5.91. The monoisotopic (exact) mass is 259 g/mol. The van der Waals surface area contributed by atoms with Gasteiger partial charge >= 0.3 is 0 Å². The Morgan fingerprint density at radius 1 is 1.11 bits per heavy atom. The zero-order valence-corrected chi connectivity index (χ0v) is 10.4. The maximum atomic E-state index is 12.8. The summed E-state index contributed by atoms with van der Waals surface area (Å²) in [5, 5.41) is 12.0. The molecule has 98 valence electrons. The fourth-order valence-electron chi connectivity index (χ4n) is 1.73. The minimum absolute atomic E-state index is 0.114. The molecule has 0 fully saturated rings. The van der Waals surface area contributed by atoms with Crippen LogP contribution in [0.15, 0.2) is 48.5 Å². The van der Waals surface area contributed by atoms with E-state index in [0.717, 1.165) is 5.56 Å². The highest BCUT2D eigenvalue weighted by Gasteiger charge is 2.11. The Hall–Kier alpha value is -2.36. The predicted octanol–water partition coefficient (Wildman–Crippen LogP) is 3.02. The number of carbonyl (C=O) groups excluding carboxylic acids is 1. The second-order valence-corrected chi connectivity index (χ2v) is 4.29. The number of rotatable bonds is 3. The van der Waals surface area contributed by atoms with Gasteiger partial charge in [-0.2, -0.15) is 0 Å². The Morgan fingerprint density at radius 2 is 1.68 bits per heavy atom. The topological polar surface area (TPSA) is 49.3 Å². The number of nitrogens with one attached hydrogen (secondary N) is 1. The van der Waals surface area contributed by atoms with Crippen molar-refractivity contribution >= 4 is 5.91 Å². The van der Waals surface area contributed by atoms with E-state index in [0.29, 0.717) is 5.56 Å². The SMILES string of the molecule is CC(NC(=O)c1ccc(O)cc1)c1ccc(F)cc1. The van der Waals surface area contributed by atoms with E-state index in [1.807, 2.05) is 6.92 Å². The van der Waals surface area contributed by atoms with E-state index < -0.39 is 0 Å². The minimum Gasteiger partial charge on any atom is -0.508 e. The maximum Gasteiger partial charge on any atom is 0.251 e. The zero-order chi connectivity index (χ0) is 13.8. The van der Waals surface area contributed by atoms with Crippen molar-refractivity contribution in [2.24, 2.45) is 0 Å². The Labute approximate surface area is 110 Å². The van der Waals surface area contributed by atoms with Gasteiger partial charge < -0.3 is 10.4 Å². The molecule has 0 saturated heterocycles. The molecule has 0 bridgehead atoms. The lowest BCUT2D eigenvalue weighted by molar-refractivity contribution is 0.0940. The molecule has 0 radical (unpaired) electrons. The fourth-order valence-corrected chi connectivity index (χ4v) is 1.73. The number of carbonyl (C=O) groups is 1. The number of amides is 1. The molecule has 2 aromatic carbocycles. The van der Waals surface area contributed by atoms with Gasteiger partial charge in [0.25, 0.3) is 5.91 Å². The van der Waals surface area contributed by atoms with Crippen LogP contribution in [0.4, 0.5) is 4.39 Å². The van der Waals surface area contributed by atoms with Gasteiger partial charge in [0.1, 0.15) is 11.6 Å². The molecule has 0 saturated carbocycles. The van der Waals surface area contributed by atoms with Gasteiger partial charge in [-0.3, -0.25) is 4.79 Å². The summed E-state index contributed by atoms with van der Waals surface area (Å²) in [6.45, 7) is 1.82. The second kappa shape index (κ2) is 5.52. The van der Waals surface area contributed by atoms with E-state index in [1.165, 1.54) is 24.3 Å². The molecular weight excluding hydrogens is 245 g/mol. The van der Waals surface area contributed by atoms with Crippen LogP contribution in [-0.4, -0.2) is 11.0 Å². The van der Waals surface area contributed by atoms with Crippen molar-refractivity contribution in [1.82, 2.24) is 5.32 Å². The van der Waals surface area contributed by atoms with Crippen molar-refractivity contribution in [1.29, 1.82) is 0 Å². The van der Waals surface area contributed by atoms with Crippen molar-refractivity contribution in [2.45, 2.75) is 13.0 Å². The van der Waals surface area contributed by atoms with E-state index in [1.54, 1.807) is 24.3 Å². The Balaban J connectivity index is 2.06. The van der Waals surface area contributed by atoms with Gasteiger partial charge in [0, 0.05) is 5.56 Å². The highest BCUT2D eigenvalue weighted by molar-refractivity contribution is 5.94. The predicted molar refractivity (Wildman–Crippen MR) is 70.4 cm³/mol. The van der Waals surface area contributed by atoms with E-state index in [4.69, 9.17) is 5.11 Å². The molecule has 2 rings (SSSR count). The number of aromatic hydroxyl groups is 1. The number of benzene rings is 2. The Bertz CT molecular complexity index is 564. The maximum absolute atomic E-state index is 12.8. The lowest BCUT2D eigenvalue weighted by atomic mass is 10.1. The summed E-state index contributed by atoms with van der Waals surface area (Å²) in [6.07, 6.45) is 0. The van der Waals surface area contributed by atoms with Crippen LogP contribution in [0.3, 0.4) is 0 Å². The molecule has 1 atom stereocenters. The molecule has 2 N–H and O–H groups in total. The molecule has 0 aliphatic heterocycles.